The predicted octanol–water partition coefficient (Wildman–Crippen LogP) is 1.29. The maximum Gasteiger partial charge on any atom is 0.497 e. The molecule has 0 aromatic carbocycles. The quantitative estimate of drug-likeness (QED) is 0.643. The highest BCUT2D eigenvalue weighted by Gasteiger charge is 2.52. The Kier molecular flexibility index (Phi) is 3.19. The normalized spacial score (nSPS) is 20.6. The van der Waals surface area contributed by atoms with E-state index in [1.54, 1.807) is 0 Å². The SMILES string of the molecule is CC(=O)c1c(O)cncc1B1OC(C)(C)C(C)(C)O1. The molecule has 1 aromatic heterocycles. The predicted molar refractivity (Wildman–Crippen MR) is 71.6 cm³/mol. The standard InChI is InChI=1S/C13H18BNO4/c1-8(16)11-9(6-15-7-10(11)17)14-18-12(2,3)13(4,5)19-14/h6-7,17H,1-5H3. The molecule has 0 saturated carbocycles. The molecule has 6 heteroatoms. The van der Waals surface area contributed by atoms with Gasteiger partial charge in [-0.25, -0.2) is 0 Å². The second kappa shape index (κ2) is 4.32. The molecule has 0 unspecified atom stereocenters. The number of aromatic hydroxyl groups is 1. The van der Waals surface area contributed by atoms with Gasteiger partial charge in [0.2, 0.25) is 0 Å². The van der Waals surface area contributed by atoms with Gasteiger partial charge in [0.05, 0.1) is 23.0 Å². The molecule has 2 heterocycles. The number of Topliss-reactive ketones (excluding diaryl/α,β-unsaturated/α-hetero) is 1. The number of nitrogens with zero attached hydrogens (tertiary/aromatic N) is 1. The topological polar surface area (TPSA) is 68.7 Å². The lowest BCUT2D eigenvalue weighted by Gasteiger charge is -2.32. The van der Waals surface area contributed by atoms with E-state index in [1.807, 2.05) is 27.7 Å². The fourth-order valence-electron chi connectivity index (χ4n) is 2.00. The summed E-state index contributed by atoms with van der Waals surface area (Å²) in [6.07, 6.45) is 2.74. The molecule has 1 fully saturated rings. The van der Waals surface area contributed by atoms with Crippen molar-refractivity contribution >= 4 is 18.4 Å². The summed E-state index contributed by atoms with van der Waals surface area (Å²) in [6.45, 7) is 9.10. The van der Waals surface area contributed by atoms with Crippen LogP contribution in [-0.2, 0) is 9.31 Å². The molecule has 0 aliphatic carbocycles. The van der Waals surface area contributed by atoms with Crippen molar-refractivity contribution in [2.24, 2.45) is 0 Å². The Hall–Kier alpha value is -1.40. The Morgan fingerprint density at radius 2 is 1.74 bits per heavy atom. The van der Waals surface area contributed by atoms with Crippen LogP contribution in [0.25, 0.3) is 0 Å². The molecule has 1 N–H and O–H groups in total. The van der Waals surface area contributed by atoms with Gasteiger partial charge in [-0.05, 0) is 34.6 Å². The van der Waals surface area contributed by atoms with Gasteiger partial charge in [0.1, 0.15) is 5.75 Å². The molecule has 2 rings (SSSR count). The van der Waals surface area contributed by atoms with E-state index in [0.29, 0.717) is 5.46 Å². The van der Waals surface area contributed by atoms with Crippen molar-refractivity contribution in [3.05, 3.63) is 18.0 Å². The van der Waals surface area contributed by atoms with Crippen LogP contribution in [0, 0.1) is 0 Å². The van der Waals surface area contributed by atoms with E-state index in [4.69, 9.17) is 9.31 Å². The van der Waals surface area contributed by atoms with E-state index in [2.05, 4.69) is 4.98 Å². The van der Waals surface area contributed by atoms with Gasteiger partial charge in [0.15, 0.2) is 5.78 Å². The number of hydrogen-bond acceptors (Lipinski definition) is 5. The number of ketones is 1. The van der Waals surface area contributed by atoms with Crippen LogP contribution in [0.2, 0.25) is 0 Å². The fourth-order valence-corrected chi connectivity index (χ4v) is 2.00. The van der Waals surface area contributed by atoms with Crippen LogP contribution >= 0.6 is 0 Å². The largest absolute Gasteiger partial charge is 0.506 e. The van der Waals surface area contributed by atoms with Gasteiger partial charge in [-0.1, -0.05) is 0 Å². The minimum atomic E-state index is -0.705. The first kappa shape index (κ1) is 14.0. The Balaban J connectivity index is 2.46. The molecule has 1 saturated heterocycles. The van der Waals surface area contributed by atoms with Crippen LogP contribution in [0.4, 0.5) is 0 Å². The first-order valence-corrected chi connectivity index (χ1v) is 6.19. The summed E-state index contributed by atoms with van der Waals surface area (Å²) in [6, 6.07) is 0. The Morgan fingerprint density at radius 3 is 2.21 bits per heavy atom. The highest BCUT2D eigenvalue weighted by molar-refractivity contribution is 6.63. The molecule has 102 valence electrons. The summed E-state index contributed by atoms with van der Waals surface area (Å²) in [5.74, 6) is -0.399. The van der Waals surface area contributed by atoms with Crippen molar-refractivity contribution in [3.63, 3.8) is 0 Å². The third-order valence-corrected chi connectivity index (χ3v) is 3.81. The highest BCUT2D eigenvalue weighted by atomic mass is 16.7. The first-order chi connectivity index (χ1) is 8.66. The summed E-state index contributed by atoms with van der Waals surface area (Å²) >= 11 is 0. The molecule has 0 radical (unpaired) electrons. The van der Waals surface area contributed by atoms with Crippen molar-refractivity contribution < 1.29 is 19.2 Å². The Morgan fingerprint density at radius 1 is 1.21 bits per heavy atom. The molecule has 1 aromatic rings. The minimum absolute atomic E-state index is 0.153. The Bertz CT molecular complexity index is 511. The van der Waals surface area contributed by atoms with Crippen LogP contribution in [0.3, 0.4) is 0 Å². The lowest BCUT2D eigenvalue weighted by Crippen LogP contribution is -2.41. The smallest absolute Gasteiger partial charge is 0.497 e. The Labute approximate surface area is 113 Å². The van der Waals surface area contributed by atoms with Crippen molar-refractivity contribution in [2.75, 3.05) is 0 Å². The van der Waals surface area contributed by atoms with Crippen molar-refractivity contribution in [1.29, 1.82) is 0 Å². The van der Waals surface area contributed by atoms with Crippen LogP contribution in [0.5, 0.6) is 5.75 Å². The average molecular weight is 263 g/mol. The number of rotatable bonds is 2. The van der Waals surface area contributed by atoms with E-state index in [1.165, 1.54) is 19.3 Å². The van der Waals surface area contributed by atoms with Gasteiger partial charge in [-0.15, -0.1) is 0 Å². The number of carbonyl (C=O) groups is 1. The first-order valence-electron chi connectivity index (χ1n) is 6.19. The summed E-state index contributed by atoms with van der Waals surface area (Å²) in [7, 11) is -0.705. The maximum absolute atomic E-state index is 11.7. The fraction of sp³-hybridized carbons (Fsp3) is 0.538. The van der Waals surface area contributed by atoms with Gasteiger partial charge in [0, 0.05) is 11.7 Å². The zero-order chi connectivity index (χ0) is 14.4. The van der Waals surface area contributed by atoms with E-state index < -0.39 is 18.3 Å². The monoisotopic (exact) mass is 263 g/mol. The summed E-state index contributed by atoms with van der Waals surface area (Å²) in [4.78, 5) is 15.6. The lowest BCUT2D eigenvalue weighted by molar-refractivity contribution is 0.00578. The molecule has 19 heavy (non-hydrogen) atoms. The van der Waals surface area contributed by atoms with Gasteiger partial charge in [-0.3, -0.25) is 9.78 Å². The lowest BCUT2D eigenvalue weighted by atomic mass is 9.76. The van der Waals surface area contributed by atoms with Crippen LogP contribution in [0.15, 0.2) is 12.4 Å². The zero-order valence-corrected chi connectivity index (χ0v) is 11.9. The van der Waals surface area contributed by atoms with E-state index in [-0.39, 0.29) is 17.1 Å². The molecular formula is C13H18BNO4. The molecule has 1 aliphatic heterocycles. The van der Waals surface area contributed by atoms with Crippen LogP contribution in [-0.4, -0.2) is 34.2 Å². The van der Waals surface area contributed by atoms with Gasteiger partial charge < -0.3 is 14.4 Å². The summed E-state index contributed by atoms with van der Waals surface area (Å²) in [5.41, 5.74) is -0.339. The second-order valence-corrected chi connectivity index (χ2v) is 5.77. The second-order valence-electron chi connectivity index (χ2n) is 5.77. The molecule has 0 spiro atoms. The van der Waals surface area contributed by atoms with Crippen molar-refractivity contribution in [1.82, 2.24) is 4.98 Å². The van der Waals surface area contributed by atoms with Crippen molar-refractivity contribution in [2.45, 2.75) is 45.8 Å². The average Bonchev–Trinajstić information content (AvgIpc) is 2.47. The van der Waals surface area contributed by atoms with E-state index >= 15 is 0 Å². The maximum atomic E-state index is 11.7. The number of aromatic nitrogens is 1. The molecular weight excluding hydrogens is 245 g/mol. The van der Waals surface area contributed by atoms with E-state index in [9.17, 15) is 9.90 Å². The van der Waals surface area contributed by atoms with Crippen LogP contribution in [0.1, 0.15) is 45.0 Å². The summed E-state index contributed by atoms with van der Waals surface area (Å²) in [5, 5.41) is 9.79. The van der Waals surface area contributed by atoms with Gasteiger partial charge >= 0.3 is 7.12 Å². The third-order valence-electron chi connectivity index (χ3n) is 3.81. The van der Waals surface area contributed by atoms with E-state index in [0.717, 1.165) is 0 Å². The molecule has 0 bridgehead atoms. The number of carbonyl (C=O) groups excluding carboxylic acids is 1. The molecule has 0 amide bonds. The van der Waals surface area contributed by atoms with Crippen LogP contribution < -0.4 is 5.46 Å². The third kappa shape index (κ3) is 2.26. The minimum Gasteiger partial charge on any atom is -0.506 e. The molecule has 5 nitrogen and oxygen atoms in total. The molecule has 1 aliphatic rings. The van der Waals surface area contributed by atoms with Gasteiger partial charge in [0.25, 0.3) is 0 Å². The highest BCUT2D eigenvalue weighted by Crippen LogP contribution is 2.37. The number of hydrogen-bond donors (Lipinski definition) is 1. The summed E-state index contributed by atoms with van der Waals surface area (Å²) < 4.78 is 11.7. The van der Waals surface area contributed by atoms with Crippen molar-refractivity contribution in [3.8, 4) is 5.75 Å². The number of pyridine rings is 1. The molecule has 0 atom stereocenters. The zero-order valence-electron chi connectivity index (χ0n) is 11.9. The van der Waals surface area contributed by atoms with Gasteiger partial charge in [-0.2, -0.15) is 0 Å².